The van der Waals surface area contributed by atoms with Crippen molar-refractivity contribution < 1.29 is 26.8 Å². The summed E-state index contributed by atoms with van der Waals surface area (Å²) in [6.07, 6.45) is -3.14. The monoisotopic (exact) mass is 497 g/mol. The van der Waals surface area contributed by atoms with Crippen LogP contribution in [0, 0.1) is 5.82 Å². The van der Waals surface area contributed by atoms with Crippen LogP contribution in [0.5, 0.6) is 0 Å². The Bertz CT molecular complexity index is 1270. The van der Waals surface area contributed by atoms with Gasteiger partial charge in [-0.25, -0.2) is 9.37 Å². The van der Waals surface area contributed by atoms with E-state index in [-0.39, 0.29) is 24.6 Å². The molecule has 186 valence electrons. The summed E-state index contributed by atoms with van der Waals surface area (Å²) in [5.74, 6) is -0.501. The van der Waals surface area contributed by atoms with Gasteiger partial charge in [0.15, 0.2) is 5.69 Å². The number of rotatable bonds is 9. The molecule has 5 nitrogen and oxygen atoms in total. The number of aromatic nitrogens is 1. The van der Waals surface area contributed by atoms with E-state index in [0.717, 1.165) is 23.3 Å². The van der Waals surface area contributed by atoms with E-state index in [9.17, 15) is 22.4 Å². The van der Waals surface area contributed by atoms with E-state index in [0.29, 0.717) is 24.5 Å². The van der Waals surface area contributed by atoms with Crippen LogP contribution in [0.3, 0.4) is 0 Å². The molecule has 1 aromatic heterocycles. The third kappa shape index (κ3) is 7.02. The summed E-state index contributed by atoms with van der Waals surface area (Å²) >= 11 is 0. The zero-order valence-electron chi connectivity index (χ0n) is 19.1. The minimum absolute atomic E-state index is 0.0984. The molecule has 1 heterocycles. The number of benzene rings is 3. The first kappa shape index (κ1) is 25.1. The van der Waals surface area contributed by atoms with Gasteiger partial charge in [-0.15, -0.1) is 0 Å². The zero-order chi connectivity index (χ0) is 25.5. The van der Waals surface area contributed by atoms with Crippen molar-refractivity contribution in [1.82, 2.24) is 15.2 Å². The Labute approximate surface area is 205 Å². The highest BCUT2D eigenvalue weighted by molar-refractivity contribution is 5.91. The molecule has 0 aliphatic carbocycles. The van der Waals surface area contributed by atoms with Gasteiger partial charge in [-0.1, -0.05) is 54.6 Å². The molecule has 0 fully saturated rings. The van der Waals surface area contributed by atoms with Crippen LogP contribution >= 0.6 is 0 Å². The molecule has 1 amide bonds. The molecule has 0 aliphatic rings. The number of nitrogens with zero attached hydrogens (tertiary/aromatic N) is 2. The maximum absolute atomic E-state index is 13.0. The highest BCUT2D eigenvalue weighted by Gasteiger charge is 2.30. The van der Waals surface area contributed by atoms with Crippen LogP contribution in [-0.4, -0.2) is 15.8 Å². The first-order valence-electron chi connectivity index (χ1n) is 11.2. The number of alkyl halides is 3. The zero-order valence-corrected chi connectivity index (χ0v) is 19.1. The lowest BCUT2D eigenvalue weighted by Gasteiger charge is -2.21. The van der Waals surface area contributed by atoms with Crippen molar-refractivity contribution in [3.63, 3.8) is 0 Å². The Balaban J connectivity index is 1.43. The number of carbonyl (C=O) groups excluding carboxylic acids is 1. The average Bonchev–Trinajstić information content (AvgIpc) is 3.32. The molecule has 1 N–H and O–H groups in total. The van der Waals surface area contributed by atoms with Gasteiger partial charge in [-0.2, -0.15) is 13.2 Å². The molecular formula is C27H23F4N3O2. The van der Waals surface area contributed by atoms with Crippen LogP contribution in [0.25, 0.3) is 0 Å². The van der Waals surface area contributed by atoms with Crippen LogP contribution in [0.15, 0.2) is 89.5 Å². The predicted molar refractivity (Wildman–Crippen MR) is 125 cm³/mol. The van der Waals surface area contributed by atoms with Crippen molar-refractivity contribution in [3.8, 4) is 0 Å². The number of hydrogen-bond donors (Lipinski definition) is 1. The highest BCUT2D eigenvalue weighted by atomic mass is 19.4. The summed E-state index contributed by atoms with van der Waals surface area (Å²) in [7, 11) is 0. The van der Waals surface area contributed by atoms with Crippen molar-refractivity contribution >= 4 is 5.91 Å². The van der Waals surface area contributed by atoms with E-state index >= 15 is 0 Å². The average molecular weight is 497 g/mol. The molecule has 0 aliphatic heterocycles. The fourth-order valence-corrected chi connectivity index (χ4v) is 3.62. The number of oxazole rings is 1. The minimum Gasteiger partial charge on any atom is -0.447 e. The third-order valence-electron chi connectivity index (χ3n) is 5.45. The first-order chi connectivity index (χ1) is 17.3. The van der Waals surface area contributed by atoms with Crippen molar-refractivity contribution in [2.75, 3.05) is 0 Å². The Morgan fingerprint density at radius 1 is 0.833 bits per heavy atom. The van der Waals surface area contributed by atoms with Crippen LogP contribution in [0.4, 0.5) is 17.6 Å². The maximum Gasteiger partial charge on any atom is 0.416 e. The van der Waals surface area contributed by atoms with Gasteiger partial charge in [0.1, 0.15) is 12.1 Å². The van der Waals surface area contributed by atoms with Crippen molar-refractivity contribution in [2.45, 2.75) is 32.4 Å². The van der Waals surface area contributed by atoms with E-state index in [2.05, 4.69) is 10.3 Å². The van der Waals surface area contributed by atoms with Gasteiger partial charge < -0.3 is 9.73 Å². The van der Waals surface area contributed by atoms with Crippen LogP contribution < -0.4 is 5.32 Å². The van der Waals surface area contributed by atoms with E-state index in [1.165, 1.54) is 30.5 Å². The fourth-order valence-electron chi connectivity index (χ4n) is 3.62. The second-order valence-corrected chi connectivity index (χ2v) is 8.26. The second kappa shape index (κ2) is 11.2. The van der Waals surface area contributed by atoms with Gasteiger partial charge in [0, 0.05) is 19.6 Å². The molecule has 0 saturated carbocycles. The van der Waals surface area contributed by atoms with E-state index in [1.807, 2.05) is 35.2 Å². The molecule has 9 heteroatoms. The Hall–Kier alpha value is -3.98. The third-order valence-corrected chi connectivity index (χ3v) is 5.45. The number of hydrogen-bond acceptors (Lipinski definition) is 4. The summed E-state index contributed by atoms with van der Waals surface area (Å²) in [5, 5.41) is 2.71. The largest absolute Gasteiger partial charge is 0.447 e. The lowest BCUT2D eigenvalue weighted by molar-refractivity contribution is -0.137. The first-order valence-corrected chi connectivity index (χ1v) is 11.2. The lowest BCUT2D eigenvalue weighted by Crippen LogP contribution is -2.24. The van der Waals surface area contributed by atoms with E-state index < -0.39 is 17.6 Å². The van der Waals surface area contributed by atoms with Crippen molar-refractivity contribution in [1.29, 1.82) is 0 Å². The highest BCUT2D eigenvalue weighted by Crippen LogP contribution is 2.29. The summed E-state index contributed by atoms with van der Waals surface area (Å²) in [6.45, 7) is 1.29. The van der Waals surface area contributed by atoms with E-state index in [4.69, 9.17) is 4.42 Å². The molecule has 3 aromatic carbocycles. The summed E-state index contributed by atoms with van der Waals surface area (Å²) in [5.41, 5.74) is 1.83. The minimum atomic E-state index is -4.39. The quantitative estimate of drug-likeness (QED) is 0.290. The molecular weight excluding hydrogens is 474 g/mol. The molecule has 0 saturated heterocycles. The van der Waals surface area contributed by atoms with Crippen molar-refractivity contribution in [3.05, 3.63) is 125 Å². The van der Waals surface area contributed by atoms with Crippen LogP contribution in [0.2, 0.25) is 0 Å². The van der Waals surface area contributed by atoms with Gasteiger partial charge in [0.05, 0.1) is 12.1 Å². The van der Waals surface area contributed by atoms with Gasteiger partial charge in [-0.05, 0) is 41.0 Å². The Morgan fingerprint density at radius 2 is 1.44 bits per heavy atom. The normalized spacial score (nSPS) is 11.6. The maximum atomic E-state index is 13.0. The SMILES string of the molecule is O=C(NCc1ccc(F)cc1)c1coc(CN(Cc2ccccc2)Cc2ccc(C(F)(F)F)cc2)n1. The van der Waals surface area contributed by atoms with Crippen LogP contribution in [-0.2, 0) is 32.4 Å². The van der Waals surface area contributed by atoms with E-state index in [1.54, 1.807) is 12.1 Å². The predicted octanol–water partition coefficient (Wildman–Crippen LogP) is 5.96. The molecule has 0 atom stereocenters. The summed E-state index contributed by atoms with van der Waals surface area (Å²) < 4.78 is 57.3. The Kier molecular flexibility index (Phi) is 7.80. The Morgan fingerprint density at radius 3 is 2.08 bits per heavy atom. The van der Waals surface area contributed by atoms with Crippen LogP contribution in [0.1, 0.15) is 38.6 Å². The van der Waals surface area contributed by atoms with Crippen molar-refractivity contribution in [2.24, 2.45) is 0 Å². The van der Waals surface area contributed by atoms with Gasteiger partial charge in [0.25, 0.3) is 5.91 Å². The van der Waals surface area contributed by atoms with Gasteiger partial charge in [-0.3, -0.25) is 9.69 Å². The molecule has 4 aromatic rings. The topological polar surface area (TPSA) is 58.4 Å². The fraction of sp³-hybridized carbons (Fsp3) is 0.185. The number of carbonyl (C=O) groups is 1. The standard InChI is InChI=1S/C27H23F4N3O2/c28-23-12-8-19(9-13-23)14-32-26(35)24-18-36-25(33-24)17-34(15-20-4-2-1-3-5-20)16-21-6-10-22(11-7-21)27(29,30)31/h1-13,18H,14-17H2,(H,32,35). The number of nitrogens with one attached hydrogen (secondary N) is 1. The second-order valence-electron chi connectivity index (χ2n) is 8.26. The molecule has 0 spiro atoms. The van der Waals surface area contributed by atoms with Gasteiger partial charge >= 0.3 is 6.18 Å². The molecule has 36 heavy (non-hydrogen) atoms. The summed E-state index contributed by atoms with van der Waals surface area (Å²) in [6, 6.07) is 20.4. The number of halogens is 4. The molecule has 0 bridgehead atoms. The lowest BCUT2D eigenvalue weighted by atomic mass is 10.1. The molecule has 0 unspecified atom stereocenters. The smallest absolute Gasteiger partial charge is 0.416 e. The molecule has 4 rings (SSSR count). The van der Waals surface area contributed by atoms with Gasteiger partial charge in [0.2, 0.25) is 5.89 Å². The molecule has 0 radical (unpaired) electrons. The number of amides is 1. The summed E-state index contributed by atoms with van der Waals surface area (Å²) in [4.78, 5) is 18.7.